The molecule has 0 saturated heterocycles. The highest BCUT2D eigenvalue weighted by atomic mass is 35.5. The Bertz CT molecular complexity index is 430. The van der Waals surface area contributed by atoms with E-state index in [0.717, 1.165) is 12.8 Å². The molecular weight excluding hydrogens is 228 g/mol. The van der Waals surface area contributed by atoms with Gasteiger partial charge in [0.25, 0.3) is 5.69 Å². The van der Waals surface area contributed by atoms with E-state index in [9.17, 15) is 10.1 Å². The summed E-state index contributed by atoms with van der Waals surface area (Å²) in [6.45, 7) is 2.64. The standard InChI is InChI=1S/C11H13ClN2O2/c1-11(4-5-11)13-7-8-2-3-9(12)6-10(8)14(15)16/h2-3,6,13H,4-5,7H2,1H3. The first-order valence-electron chi connectivity index (χ1n) is 5.18. The van der Waals surface area contributed by atoms with Crippen molar-refractivity contribution in [1.82, 2.24) is 5.32 Å². The monoisotopic (exact) mass is 240 g/mol. The lowest BCUT2D eigenvalue weighted by atomic mass is 10.1. The second-order valence-electron chi connectivity index (χ2n) is 4.44. The lowest BCUT2D eigenvalue weighted by Gasteiger charge is -2.11. The van der Waals surface area contributed by atoms with Gasteiger partial charge in [0.15, 0.2) is 0 Å². The van der Waals surface area contributed by atoms with E-state index >= 15 is 0 Å². The number of hydrogen-bond donors (Lipinski definition) is 1. The maximum absolute atomic E-state index is 10.8. The first kappa shape index (κ1) is 11.4. The van der Waals surface area contributed by atoms with Crippen LogP contribution in [-0.2, 0) is 6.54 Å². The molecule has 0 bridgehead atoms. The molecule has 1 aromatic rings. The van der Waals surface area contributed by atoms with Crippen LogP contribution in [0.5, 0.6) is 0 Å². The minimum absolute atomic E-state index is 0.0873. The maximum atomic E-state index is 10.8. The van der Waals surface area contributed by atoms with Crippen molar-refractivity contribution in [3.63, 3.8) is 0 Å². The number of rotatable bonds is 4. The van der Waals surface area contributed by atoms with Gasteiger partial charge in [0.2, 0.25) is 0 Å². The van der Waals surface area contributed by atoms with Gasteiger partial charge < -0.3 is 5.32 Å². The normalized spacial score (nSPS) is 17.1. The van der Waals surface area contributed by atoms with Crippen LogP contribution in [0.4, 0.5) is 5.69 Å². The van der Waals surface area contributed by atoms with Crippen LogP contribution < -0.4 is 5.32 Å². The molecule has 5 heteroatoms. The van der Waals surface area contributed by atoms with Gasteiger partial charge >= 0.3 is 0 Å². The third kappa shape index (κ3) is 2.51. The zero-order chi connectivity index (χ0) is 11.8. The highest BCUT2D eigenvalue weighted by Crippen LogP contribution is 2.35. The van der Waals surface area contributed by atoms with Crippen LogP contribution in [0.1, 0.15) is 25.3 Å². The minimum Gasteiger partial charge on any atom is -0.307 e. The molecular formula is C11H13ClN2O2. The molecule has 0 aliphatic heterocycles. The quantitative estimate of drug-likeness (QED) is 0.650. The summed E-state index contributed by atoms with van der Waals surface area (Å²) in [5, 5.41) is 14.5. The molecule has 2 rings (SSSR count). The molecule has 16 heavy (non-hydrogen) atoms. The third-order valence-corrected chi connectivity index (χ3v) is 3.18. The van der Waals surface area contributed by atoms with Crippen molar-refractivity contribution in [1.29, 1.82) is 0 Å². The van der Waals surface area contributed by atoms with Gasteiger partial charge in [-0.3, -0.25) is 10.1 Å². The van der Waals surface area contributed by atoms with Gasteiger partial charge in [0.1, 0.15) is 0 Å². The number of nitrogens with zero attached hydrogens (tertiary/aromatic N) is 1. The van der Waals surface area contributed by atoms with E-state index in [1.807, 2.05) is 0 Å². The Balaban J connectivity index is 2.15. The van der Waals surface area contributed by atoms with Crippen molar-refractivity contribution < 1.29 is 4.92 Å². The lowest BCUT2D eigenvalue weighted by molar-refractivity contribution is -0.385. The van der Waals surface area contributed by atoms with Crippen molar-refractivity contribution >= 4 is 17.3 Å². The SMILES string of the molecule is CC1(NCc2ccc(Cl)cc2[N+](=O)[O-])CC1. The summed E-state index contributed by atoms with van der Waals surface area (Å²) in [4.78, 5) is 10.4. The van der Waals surface area contributed by atoms with Gasteiger partial charge in [0.05, 0.1) is 4.92 Å². The molecule has 1 aliphatic carbocycles. The number of nitro groups is 1. The predicted molar refractivity (Wildman–Crippen MR) is 62.6 cm³/mol. The largest absolute Gasteiger partial charge is 0.307 e. The predicted octanol–water partition coefficient (Wildman–Crippen LogP) is 2.89. The molecule has 1 aliphatic rings. The summed E-state index contributed by atoms with van der Waals surface area (Å²) in [6, 6.07) is 4.79. The number of hydrogen-bond acceptors (Lipinski definition) is 3. The fourth-order valence-electron chi connectivity index (χ4n) is 1.53. The number of nitro benzene ring substituents is 1. The molecule has 1 saturated carbocycles. The van der Waals surface area contributed by atoms with E-state index in [4.69, 9.17) is 11.6 Å². The summed E-state index contributed by atoms with van der Waals surface area (Å²) in [7, 11) is 0. The highest BCUT2D eigenvalue weighted by molar-refractivity contribution is 6.30. The lowest BCUT2D eigenvalue weighted by Crippen LogP contribution is -2.27. The molecule has 1 fully saturated rings. The Kier molecular flexibility index (Phi) is 2.86. The summed E-state index contributed by atoms with van der Waals surface area (Å²) in [5.41, 5.74) is 0.944. The zero-order valence-electron chi connectivity index (χ0n) is 9.00. The van der Waals surface area contributed by atoms with Crippen LogP contribution in [0.15, 0.2) is 18.2 Å². The average molecular weight is 241 g/mol. The van der Waals surface area contributed by atoms with Crippen LogP contribution in [0.2, 0.25) is 5.02 Å². The molecule has 0 atom stereocenters. The Morgan fingerprint density at radius 2 is 2.25 bits per heavy atom. The van der Waals surface area contributed by atoms with Crippen LogP contribution in [0.25, 0.3) is 0 Å². The number of halogens is 1. The van der Waals surface area contributed by atoms with Crippen LogP contribution in [0, 0.1) is 10.1 Å². The van der Waals surface area contributed by atoms with Gasteiger partial charge in [-0.2, -0.15) is 0 Å². The minimum atomic E-state index is -0.391. The van der Waals surface area contributed by atoms with Crippen molar-refractivity contribution in [2.45, 2.75) is 31.8 Å². The Labute approximate surface area is 98.8 Å². The molecule has 0 radical (unpaired) electrons. The van der Waals surface area contributed by atoms with Gasteiger partial charge in [-0.25, -0.2) is 0 Å². The number of benzene rings is 1. The Morgan fingerprint density at radius 3 is 2.81 bits per heavy atom. The molecule has 1 N–H and O–H groups in total. The Hall–Kier alpha value is -1.13. The van der Waals surface area contributed by atoms with Gasteiger partial charge in [-0.1, -0.05) is 11.6 Å². The van der Waals surface area contributed by atoms with Crippen LogP contribution in [0.3, 0.4) is 0 Å². The van der Waals surface area contributed by atoms with E-state index in [1.54, 1.807) is 12.1 Å². The van der Waals surface area contributed by atoms with Crippen LogP contribution in [-0.4, -0.2) is 10.5 Å². The topological polar surface area (TPSA) is 55.2 Å². The zero-order valence-corrected chi connectivity index (χ0v) is 9.75. The first-order chi connectivity index (χ1) is 7.50. The van der Waals surface area contributed by atoms with E-state index in [-0.39, 0.29) is 11.2 Å². The molecule has 0 heterocycles. The van der Waals surface area contributed by atoms with Crippen molar-refractivity contribution in [2.75, 3.05) is 0 Å². The molecule has 0 unspecified atom stereocenters. The summed E-state index contributed by atoms with van der Waals surface area (Å²) < 4.78 is 0. The fourth-order valence-corrected chi connectivity index (χ4v) is 1.70. The van der Waals surface area contributed by atoms with Crippen molar-refractivity contribution in [2.24, 2.45) is 0 Å². The smallest absolute Gasteiger partial charge is 0.275 e. The van der Waals surface area contributed by atoms with Gasteiger partial charge in [0, 0.05) is 28.7 Å². The molecule has 1 aromatic carbocycles. The van der Waals surface area contributed by atoms with E-state index < -0.39 is 4.92 Å². The van der Waals surface area contributed by atoms with Crippen LogP contribution >= 0.6 is 11.6 Å². The maximum Gasteiger partial charge on any atom is 0.275 e. The highest BCUT2D eigenvalue weighted by Gasteiger charge is 2.36. The molecule has 0 spiro atoms. The molecule has 86 valence electrons. The summed E-state index contributed by atoms with van der Waals surface area (Å²) >= 11 is 5.74. The van der Waals surface area contributed by atoms with Gasteiger partial charge in [-0.05, 0) is 31.9 Å². The average Bonchev–Trinajstić information content (AvgIpc) is 2.95. The first-order valence-corrected chi connectivity index (χ1v) is 5.56. The van der Waals surface area contributed by atoms with Crippen molar-refractivity contribution in [3.05, 3.63) is 38.9 Å². The molecule has 4 nitrogen and oxygen atoms in total. The second kappa shape index (κ2) is 4.03. The summed E-state index contributed by atoms with van der Waals surface area (Å²) in [6.07, 6.45) is 2.27. The van der Waals surface area contributed by atoms with Crippen molar-refractivity contribution in [3.8, 4) is 0 Å². The van der Waals surface area contributed by atoms with E-state index in [0.29, 0.717) is 17.1 Å². The molecule has 0 amide bonds. The second-order valence-corrected chi connectivity index (χ2v) is 4.88. The van der Waals surface area contributed by atoms with E-state index in [2.05, 4.69) is 12.2 Å². The number of nitrogens with one attached hydrogen (secondary N) is 1. The van der Waals surface area contributed by atoms with Gasteiger partial charge in [-0.15, -0.1) is 0 Å². The van der Waals surface area contributed by atoms with E-state index in [1.165, 1.54) is 6.07 Å². The fraction of sp³-hybridized carbons (Fsp3) is 0.455. The third-order valence-electron chi connectivity index (χ3n) is 2.95. The Morgan fingerprint density at radius 1 is 1.56 bits per heavy atom. The summed E-state index contributed by atoms with van der Waals surface area (Å²) in [5.74, 6) is 0. The molecule has 0 aromatic heterocycles.